The highest BCUT2D eigenvalue weighted by Crippen LogP contribution is 2.24. The minimum atomic E-state index is 0.524. The topological polar surface area (TPSA) is 42.5 Å². The lowest BCUT2D eigenvalue weighted by Gasteiger charge is -2.14. The van der Waals surface area contributed by atoms with E-state index >= 15 is 0 Å². The van der Waals surface area contributed by atoms with Gasteiger partial charge in [-0.15, -0.1) is 0 Å². The summed E-state index contributed by atoms with van der Waals surface area (Å²) in [4.78, 5) is 0. The fourth-order valence-electron chi connectivity index (χ4n) is 2.43. The van der Waals surface area contributed by atoms with Crippen molar-refractivity contribution in [2.24, 2.45) is 5.92 Å². The van der Waals surface area contributed by atoms with Gasteiger partial charge < -0.3 is 20.1 Å². The van der Waals surface area contributed by atoms with Crippen LogP contribution in [0.5, 0.6) is 11.5 Å². The average molecular weight is 357 g/mol. The monoisotopic (exact) mass is 356 g/mol. The predicted octanol–water partition coefficient (Wildman–Crippen LogP) is 5.42. The molecule has 2 rings (SSSR count). The molecule has 2 aromatic rings. The van der Waals surface area contributed by atoms with Crippen molar-refractivity contribution in [2.75, 3.05) is 36.9 Å². The van der Waals surface area contributed by atoms with Crippen LogP contribution in [0.2, 0.25) is 0 Å². The van der Waals surface area contributed by atoms with Crippen molar-refractivity contribution in [1.29, 1.82) is 0 Å². The van der Waals surface area contributed by atoms with Gasteiger partial charge in [-0.2, -0.15) is 0 Å². The van der Waals surface area contributed by atoms with Gasteiger partial charge in [0.1, 0.15) is 11.5 Å². The maximum atomic E-state index is 5.86. The van der Waals surface area contributed by atoms with Gasteiger partial charge in [-0.3, -0.25) is 0 Å². The lowest BCUT2D eigenvalue weighted by Crippen LogP contribution is -2.14. The third-order valence-electron chi connectivity index (χ3n) is 3.83. The van der Waals surface area contributed by atoms with E-state index in [1.165, 1.54) is 0 Å². The summed E-state index contributed by atoms with van der Waals surface area (Å²) in [7, 11) is 0. The summed E-state index contributed by atoms with van der Waals surface area (Å²) in [5, 5.41) is 6.88. The zero-order chi connectivity index (χ0) is 18.6. The van der Waals surface area contributed by atoms with Crippen LogP contribution in [0.15, 0.2) is 48.5 Å². The second kappa shape index (κ2) is 11.3. The Kier molecular flexibility index (Phi) is 8.67. The number of unbranched alkanes of at least 4 members (excludes halogenated alkanes) is 1. The molecule has 0 amide bonds. The lowest BCUT2D eigenvalue weighted by molar-refractivity contribution is 0.271. The Labute approximate surface area is 157 Å². The first-order chi connectivity index (χ1) is 12.7. The highest BCUT2D eigenvalue weighted by atomic mass is 16.5. The fourth-order valence-corrected chi connectivity index (χ4v) is 2.43. The third kappa shape index (κ3) is 7.26. The normalized spacial score (nSPS) is 10.6. The van der Waals surface area contributed by atoms with Crippen molar-refractivity contribution < 1.29 is 9.47 Å². The molecule has 0 bridgehead atoms. The van der Waals surface area contributed by atoms with Crippen LogP contribution in [0.1, 0.15) is 33.6 Å². The Morgan fingerprint density at radius 2 is 1.73 bits per heavy atom. The molecular formula is C22H32N2O2. The minimum Gasteiger partial charge on any atom is -0.493 e. The van der Waals surface area contributed by atoms with Crippen molar-refractivity contribution >= 4 is 11.4 Å². The minimum absolute atomic E-state index is 0.524. The van der Waals surface area contributed by atoms with Crippen LogP contribution in [0.25, 0.3) is 0 Å². The molecule has 0 unspecified atom stereocenters. The zero-order valence-corrected chi connectivity index (χ0v) is 16.3. The fraction of sp³-hybridized carbons (Fsp3) is 0.455. The van der Waals surface area contributed by atoms with E-state index in [9.17, 15) is 0 Å². The summed E-state index contributed by atoms with van der Waals surface area (Å²) in [6.07, 6.45) is 2.21. The predicted molar refractivity (Wildman–Crippen MR) is 111 cm³/mol. The number of hydrogen-bond donors (Lipinski definition) is 2. The molecule has 0 heterocycles. The molecular weight excluding hydrogens is 324 g/mol. The van der Waals surface area contributed by atoms with Gasteiger partial charge in [0.15, 0.2) is 0 Å². The molecule has 0 fully saturated rings. The van der Waals surface area contributed by atoms with Crippen LogP contribution in [0, 0.1) is 5.92 Å². The largest absolute Gasteiger partial charge is 0.493 e. The standard InChI is InChI=1S/C22H32N2O2/c1-4-5-15-25-22-12-7-6-11-21(22)24-14-13-23-19-9-8-10-20(16-19)26-17-18(2)3/h6-12,16,18,23-24H,4-5,13-15,17H2,1-3H3. The maximum Gasteiger partial charge on any atom is 0.142 e. The number of para-hydroxylation sites is 2. The molecule has 0 aromatic heterocycles. The van der Waals surface area contributed by atoms with Gasteiger partial charge in [0.25, 0.3) is 0 Å². The molecule has 0 spiro atoms. The Hall–Kier alpha value is -2.36. The molecule has 0 aliphatic carbocycles. The van der Waals surface area contributed by atoms with E-state index < -0.39 is 0 Å². The van der Waals surface area contributed by atoms with E-state index in [1.54, 1.807) is 0 Å². The SMILES string of the molecule is CCCCOc1ccccc1NCCNc1cccc(OCC(C)C)c1. The van der Waals surface area contributed by atoms with Crippen molar-refractivity contribution in [2.45, 2.75) is 33.6 Å². The van der Waals surface area contributed by atoms with Crippen molar-refractivity contribution in [3.63, 3.8) is 0 Å². The van der Waals surface area contributed by atoms with E-state index in [1.807, 2.05) is 36.4 Å². The number of nitrogens with one attached hydrogen (secondary N) is 2. The molecule has 2 N–H and O–H groups in total. The second-order valence-electron chi connectivity index (χ2n) is 6.78. The van der Waals surface area contributed by atoms with Gasteiger partial charge in [-0.05, 0) is 36.6 Å². The first kappa shape index (κ1) is 20.0. The maximum absolute atomic E-state index is 5.86. The van der Waals surface area contributed by atoms with Crippen LogP contribution in [0.3, 0.4) is 0 Å². The van der Waals surface area contributed by atoms with Gasteiger partial charge in [0.2, 0.25) is 0 Å². The quantitative estimate of drug-likeness (QED) is 0.498. The van der Waals surface area contributed by atoms with E-state index in [0.717, 1.165) is 62.0 Å². The van der Waals surface area contributed by atoms with Gasteiger partial charge in [0, 0.05) is 24.8 Å². The first-order valence-electron chi connectivity index (χ1n) is 9.61. The summed E-state index contributed by atoms with van der Waals surface area (Å²) in [6.45, 7) is 9.59. The number of benzene rings is 2. The van der Waals surface area contributed by atoms with E-state index in [0.29, 0.717) is 5.92 Å². The van der Waals surface area contributed by atoms with Crippen molar-refractivity contribution in [1.82, 2.24) is 0 Å². The summed E-state index contributed by atoms with van der Waals surface area (Å²) < 4.78 is 11.6. The van der Waals surface area contributed by atoms with Gasteiger partial charge in [-0.1, -0.05) is 45.4 Å². The van der Waals surface area contributed by atoms with Crippen LogP contribution >= 0.6 is 0 Å². The molecule has 0 atom stereocenters. The summed E-state index contributed by atoms with van der Waals surface area (Å²) in [6, 6.07) is 16.2. The third-order valence-corrected chi connectivity index (χ3v) is 3.83. The van der Waals surface area contributed by atoms with Gasteiger partial charge in [0.05, 0.1) is 18.9 Å². The molecule has 0 saturated carbocycles. The highest BCUT2D eigenvalue weighted by Gasteiger charge is 2.02. The molecule has 0 radical (unpaired) electrons. The average Bonchev–Trinajstić information content (AvgIpc) is 2.65. The number of anilines is 2. The molecule has 2 aromatic carbocycles. The smallest absolute Gasteiger partial charge is 0.142 e. The summed E-state index contributed by atoms with van der Waals surface area (Å²) >= 11 is 0. The van der Waals surface area contributed by atoms with Crippen molar-refractivity contribution in [3.8, 4) is 11.5 Å². The highest BCUT2D eigenvalue weighted by molar-refractivity contribution is 5.56. The number of ether oxygens (including phenoxy) is 2. The number of rotatable bonds is 12. The van der Waals surface area contributed by atoms with E-state index in [4.69, 9.17) is 9.47 Å². The second-order valence-corrected chi connectivity index (χ2v) is 6.78. The summed E-state index contributed by atoms with van der Waals surface area (Å²) in [5.74, 6) is 2.35. The molecule has 0 saturated heterocycles. The van der Waals surface area contributed by atoms with Gasteiger partial charge in [-0.25, -0.2) is 0 Å². The molecule has 0 aliphatic heterocycles. The van der Waals surface area contributed by atoms with Crippen LogP contribution < -0.4 is 20.1 Å². The molecule has 0 aliphatic rings. The molecule has 142 valence electrons. The summed E-state index contributed by atoms with van der Waals surface area (Å²) in [5.41, 5.74) is 2.11. The number of hydrogen-bond acceptors (Lipinski definition) is 4. The van der Waals surface area contributed by atoms with Crippen molar-refractivity contribution in [3.05, 3.63) is 48.5 Å². The van der Waals surface area contributed by atoms with E-state index in [2.05, 4.69) is 43.5 Å². The van der Waals surface area contributed by atoms with Gasteiger partial charge >= 0.3 is 0 Å². The Bertz CT molecular complexity index is 644. The Morgan fingerprint density at radius 3 is 2.54 bits per heavy atom. The van der Waals surface area contributed by atoms with Crippen LogP contribution in [-0.4, -0.2) is 26.3 Å². The first-order valence-corrected chi connectivity index (χ1v) is 9.61. The van der Waals surface area contributed by atoms with Crippen LogP contribution in [0.4, 0.5) is 11.4 Å². The molecule has 4 nitrogen and oxygen atoms in total. The molecule has 4 heteroatoms. The Morgan fingerprint density at radius 1 is 0.923 bits per heavy atom. The Balaban J connectivity index is 1.77. The van der Waals surface area contributed by atoms with Crippen LogP contribution in [-0.2, 0) is 0 Å². The lowest BCUT2D eigenvalue weighted by atomic mass is 10.2. The van der Waals surface area contributed by atoms with E-state index in [-0.39, 0.29) is 0 Å². The zero-order valence-electron chi connectivity index (χ0n) is 16.3. The molecule has 26 heavy (non-hydrogen) atoms.